The number of carbonyl (C=O) groups is 2. The van der Waals surface area contributed by atoms with E-state index < -0.39 is 12.0 Å². The van der Waals surface area contributed by atoms with Gasteiger partial charge in [0.1, 0.15) is 17.1 Å². The van der Waals surface area contributed by atoms with E-state index in [1.165, 1.54) is 7.11 Å². The first-order valence-electron chi connectivity index (χ1n) is 10.3. The van der Waals surface area contributed by atoms with E-state index in [1.54, 1.807) is 59.8 Å². The number of aromatic hydroxyl groups is 1. The molecule has 1 atom stereocenters. The smallest absolute Gasteiger partial charge is 0.337 e. The molecule has 1 aliphatic rings. The Morgan fingerprint density at radius 3 is 2.52 bits per heavy atom. The average molecular weight is 440 g/mol. The molecule has 2 N–H and O–H groups in total. The summed E-state index contributed by atoms with van der Waals surface area (Å²) in [5.74, 6) is -0.554. The second-order valence-corrected chi connectivity index (χ2v) is 7.68. The van der Waals surface area contributed by atoms with Crippen LogP contribution in [0.3, 0.4) is 0 Å². The number of benzene rings is 2. The maximum atomic E-state index is 13.4. The number of fused-ring (bicyclic) bond motifs is 1. The summed E-state index contributed by atoms with van der Waals surface area (Å²) in [5.41, 5.74) is 4.25. The van der Waals surface area contributed by atoms with Gasteiger partial charge in [-0.3, -0.25) is 14.9 Å². The molecule has 2 aromatic heterocycles. The predicted octanol–water partition coefficient (Wildman–Crippen LogP) is 3.71. The summed E-state index contributed by atoms with van der Waals surface area (Å²) in [6.07, 6.45) is 3.37. The molecule has 0 aliphatic carbocycles. The summed E-state index contributed by atoms with van der Waals surface area (Å²) in [6, 6.07) is 17.1. The minimum atomic E-state index is -0.472. The number of carbonyl (C=O) groups excluding carboxylic acids is 2. The van der Waals surface area contributed by atoms with E-state index in [0.29, 0.717) is 34.6 Å². The zero-order chi connectivity index (χ0) is 22.9. The van der Waals surface area contributed by atoms with Gasteiger partial charge < -0.3 is 14.7 Å². The molecule has 33 heavy (non-hydrogen) atoms. The number of nitrogens with zero attached hydrogens (tertiary/aromatic N) is 3. The number of hydrogen-bond donors (Lipinski definition) is 2. The Bertz CT molecular complexity index is 1330. The number of pyridine rings is 1. The number of ether oxygens (including phenoxy) is 1. The van der Waals surface area contributed by atoms with Crippen molar-refractivity contribution in [1.29, 1.82) is 0 Å². The number of hydrogen-bond acceptors (Lipinski definition) is 6. The third-order valence-corrected chi connectivity index (χ3v) is 5.77. The molecule has 1 unspecified atom stereocenters. The molecule has 0 radical (unpaired) electrons. The van der Waals surface area contributed by atoms with E-state index >= 15 is 0 Å². The van der Waals surface area contributed by atoms with Crippen LogP contribution in [0.5, 0.6) is 5.75 Å². The number of amides is 1. The lowest BCUT2D eigenvalue weighted by molar-refractivity contribution is 0.0600. The molecule has 164 valence electrons. The van der Waals surface area contributed by atoms with Gasteiger partial charge >= 0.3 is 5.97 Å². The fourth-order valence-electron chi connectivity index (χ4n) is 4.19. The normalized spacial score (nSPS) is 14.9. The van der Waals surface area contributed by atoms with Gasteiger partial charge in [-0.1, -0.05) is 24.3 Å². The van der Waals surface area contributed by atoms with E-state index in [0.717, 1.165) is 11.1 Å². The molecule has 4 aromatic rings. The van der Waals surface area contributed by atoms with Gasteiger partial charge in [0.25, 0.3) is 5.91 Å². The highest BCUT2D eigenvalue weighted by Gasteiger charge is 2.42. The molecule has 8 nitrogen and oxygen atoms in total. The van der Waals surface area contributed by atoms with E-state index in [1.807, 2.05) is 18.2 Å². The molecular formula is C25H20N4O4. The fourth-order valence-corrected chi connectivity index (χ4v) is 4.19. The number of nitrogens with one attached hydrogen (secondary N) is 1. The average Bonchev–Trinajstić information content (AvgIpc) is 3.39. The van der Waals surface area contributed by atoms with Gasteiger partial charge in [0.05, 0.1) is 18.7 Å². The lowest BCUT2D eigenvalue weighted by Gasteiger charge is -2.26. The monoisotopic (exact) mass is 440 g/mol. The summed E-state index contributed by atoms with van der Waals surface area (Å²) in [5, 5.41) is 17.7. The van der Waals surface area contributed by atoms with Gasteiger partial charge in [-0.15, -0.1) is 0 Å². The van der Waals surface area contributed by atoms with Crippen molar-refractivity contribution in [1.82, 2.24) is 20.1 Å². The van der Waals surface area contributed by atoms with Crippen LogP contribution in [0, 0.1) is 0 Å². The predicted molar refractivity (Wildman–Crippen MR) is 119 cm³/mol. The van der Waals surface area contributed by atoms with Crippen LogP contribution in [0.15, 0.2) is 73.1 Å². The van der Waals surface area contributed by atoms with Crippen LogP contribution in [0.25, 0.3) is 11.3 Å². The van der Waals surface area contributed by atoms with Gasteiger partial charge in [0.2, 0.25) is 0 Å². The Kier molecular flexibility index (Phi) is 5.10. The maximum Gasteiger partial charge on any atom is 0.337 e. The van der Waals surface area contributed by atoms with E-state index in [2.05, 4.69) is 15.2 Å². The summed E-state index contributed by atoms with van der Waals surface area (Å²) in [4.78, 5) is 31.1. The zero-order valence-corrected chi connectivity index (χ0v) is 17.7. The molecule has 0 spiro atoms. The first-order valence-corrected chi connectivity index (χ1v) is 10.3. The topological polar surface area (TPSA) is 108 Å². The van der Waals surface area contributed by atoms with Crippen LogP contribution < -0.4 is 0 Å². The Hall–Kier alpha value is -4.46. The van der Waals surface area contributed by atoms with E-state index in [-0.39, 0.29) is 11.7 Å². The third kappa shape index (κ3) is 3.51. The molecule has 3 heterocycles. The van der Waals surface area contributed by atoms with Crippen LogP contribution in [0.2, 0.25) is 0 Å². The van der Waals surface area contributed by atoms with Crippen molar-refractivity contribution in [2.24, 2.45) is 0 Å². The summed E-state index contributed by atoms with van der Waals surface area (Å²) < 4.78 is 4.80. The van der Waals surface area contributed by atoms with E-state index in [4.69, 9.17) is 4.74 Å². The highest BCUT2D eigenvalue weighted by molar-refractivity contribution is 6.00. The molecule has 5 rings (SSSR count). The van der Waals surface area contributed by atoms with Crippen LogP contribution >= 0.6 is 0 Å². The standard InChI is InChI=1S/C25H20N4O4/c1-33-25(32)17-8-6-16(7-9-17)23-20-21(18-4-2-3-5-19(18)30)27-28-22(20)24(31)29(23)14-15-10-12-26-13-11-15/h2-13,23,30H,14H2,1H3,(H,27,28). The van der Waals surface area contributed by atoms with Crippen LogP contribution in [-0.2, 0) is 11.3 Å². The third-order valence-electron chi connectivity index (χ3n) is 5.77. The number of aromatic amines is 1. The quantitative estimate of drug-likeness (QED) is 0.458. The molecule has 1 aliphatic heterocycles. The number of aromatic nitrogens is 3. The molecule has 8 heteroatoms. The van der Waals surface area contributed by atoms with Crippen molar-refractivity contribution in [2.45, 2.75) is 12.6 Å². The van der Waals surface area contributed by atoms with Crippen LogP contribution in [-0.4, -0.2) is 44.2 Å². The lowest BCUT2D eigenvalue weighted by atomic mass is 9.95. The number of rotatable bonds is 5. The van der Waals surface area contributed by atoms with Crippen molar-refractivity contribution >= 4 is 11.9 Å². The van der Waals surface area contributed by atoms with Gasteiger partial charge in [0.15, 0.2) is 0 Å². The second-order valence-electron chi connectivity index (χ2n) is 7.68. The number of para-hydroxylation sites is 1. The minimum Gasteiger partial charge on any atom is -0.507 e. The number of methoxy groups -OCH3 is 1. The number of H-pyrrole nitrogens is 1. The molecule has 1 amide bonds. The van der Waals surface area contributed by atoms with E-state index in [9.17, 15) is 14.7 Å². The molecular weight excluding hydrogens is 420 g/mol. The van der Waals surface area contributed by atoms with Gasteiger partial charge in [-0.05, 0) is 47.5 Å². The summed E-state index contributed by atoms with van der Waals surface area (Å²) >= 11 is 0. The summed E-state index contributed by atoms with van der Waals surface area (Å²) in [6.45, 7) is 0.355. The fraction of sp³-hybridized carbons (Fsp3) is 0.120. The molecule has 0 saturated heterocycles. The highest BCUT2D eigenvalue weighted by atomic mass is 16.5. The Morgan fingerprint density at radius 2 is 1.82 bits per heavy atom. The van der Waals surface area contributed by atoms with Crippen molar-refractivity contribution < 1.29 is 19.4 Å². The number of phenolic OH excluding ortho intramolecular Hbond substituents is 1. The molecule has 0 bridgehead atoms. The Labute approximate surface area is 189 Å². The summed E-state index contributed by atoms with van der Waals surface area (Å²) in [7, 11) is 1.33. The van der Waals surface area contributed by atoms with Gasteiger partial charge in [-0.2, -0.15) is 5.10 Å². The number of phenols is 1. The zero-order valence-electron chi connectivity index (χ0n) is 17.7. The van der Waals surface area contributed by atoms with Crippen molar-refractivity contribution in [3.63, 3.8) is 0 Å². The van der Waals surface area contributed by atoms with Crippen molar-refractivity contribution in [3.8, 4) is 17.0 Å². The first-order chi connectivity index (χ1) is 16.1. The number of esters is 1. The molecule has 0 fully saturated rings. The van der Waals surface area contributed by atoms with Crippen LogP contribution in [0.1, 0.15) is 43.6 Å². The Balaban J connectivity index is 1.64. The minimum absolute atomic E-state index is 0.0756. The van der Waals surface area contributed by atoms with Gasteiger partial charge in [-0.25, -0.2) is 4.79 Å². The molecule has 0 saturated carbocycles. The first kappa shape index (κ1) is 20.4. The SMILES string of the molecule is COC(=O)c1ccc(C2c3c(-c4ccccc4O)n[nH]c3C(=O)N2Cc2ccncc2)cc1. The second kappa shape index (κ2) is 8.23. The largest absolute Gasteiger partial charge is 0.507 e. The van der Waals surface area contributed by atoms with Crippen molar-refractivity contribution in [3.05, 3.63) is 101 Å². The molecule has 2 aromatic carbocycles. The maximum absolute atomic E-state index is 13.4. The van der Waals surface area contributed by atoms with Crippen LogP contribution in [0.4, 0.5) is 0 Å². The lowest BCUT2D eigenvalue weighted by Crippen LogP contribution is -2.29. The van der Waals surface area contributed by atoms with Crippen molar-refractivity contribution in [2.75, 3.05) is 7.11 Å². The Morgan fingerprint density at radius 1 is 1.09 bits per heavy atom. The highest BCUT2D eigenvalue weighted by Crippen LogP contribution is 2.44. The van der Waals surface area contributed by atoms with Gasteiger partial charge in [0, 0.05) is 30.1 Å².